The van der Waals surface area contributed by atoms with Crippen LogP contribution in [0.4, 0.5) is 0 Å². The lowest BCUT2D eigenvalue weighted by atomic mass is 10.1. The monoisotopic (exact) mass is 482 g/mol. The van der Waals surface area contributed by atoms with E-state index in [9.17, 15) is 14.4 Å². The molecule has 0 bridgehead atoms. The summed E-state index contributed by atoms with van der Waals surface area (Å²) in [7, 11) is 0. The van der Waals surface area contributed by atoms with Gasteiger partial charge < -0.3 is 9.47 Å². The molecule has 3 aromatic carbocycles. The number of hydrogen-bond acceptors (Lipinski definition) is 6. The van der Waals surface area contributed by atoms with Crippen molar-refractivity contribution in [2.24, 2.45) is 0 Å². The SMILES string of the molecule is O=C(/C=C/c1ccc2c(c1)OCCO2)NNC(=O)c1nn(Cc2ccccc2)c(=O)c2ccccc12. The second kappa shape index (κ2) is 10.1. The van der Waals surface area contributed by atoms with Crippen molar-refractivity contribution in [2.45, 2.75) is 6.54 Å². The summed E-state index contributed by atoms with van der Waals surface area (Å²) in [5.74, 6) is 0.0818. The van der Waals surface area contributed by atoms with Gasteiger partial charge in [0.2, 0.25) is 0 Å². The lowest BCUT2D eigenvalue weighted by molar-refractivity contribution is -0.117. The summed E-state index contributed by atoms with van der Waals surface area (Å²) in [4.78, 5) is 38.2. The number of amides is 2. The molecule has 0 aliphatic carbocycles. The molecule has 2 heterocycles. The van der Waals surface area contributed by atoms with Crippen LogP contribution in [0.2, 0.25) is 0 Å². The fraction of sp³-hybridized carbons (Fsp3) is 0.111. The third-order valence-corrected chi connectivity index (χ3v) is 5.55. The van der Waals surface area contributed by atoms with Gasteiger partial charge in [0.1, 0.15) is 13.2 Å². The van der Waals surface area contributed by atoms with Gasteiger partial charge in [0.25, 0.3) is 17.4 Å². The zero-order chi connectivity index (χ0) is 24.9. The van der Waals surface area contributed by atoms with Gasteiger partial charge in [-0.05, 0) is 35.4 Å². The number of carbonyl (C=O) groups excluding carboxylic acids is 2. The van der Waals surface area contributed by atoms with E-state index in [1.165, 1.54) is 10.8 Å². The first kappa shape index (κ1) is 22.9. The van der Waals surface area contributed by atoms with Gasteiger partial charge in [-0.1, -0.05) is 54.6 Å². The molecule has 1 aromatic heterocycles. The fourth-order valence-electron chi connectivity index (χ4n) is 3.82. The Balaban J connectivity index is 1.32. The molecule has 0 saturated heterocycles. The molecule has 1 aliphatic heterocycles. The van der Waals surface area contributed by atoms with Crippen molar-refractivity contribution >= 4 is 28.7 Å². The van der Waals surface area contributed by atoms with Gasteiger partial charge in [0.15, 0.2) is 17.2 Å². The molecule has 4 aromatic rings. The van der Waals surface area contributed by atoms with Crippen LogP contribution in [-0.2, 0) is 11.3 Å². The van der Waals surface area contributed by atoms with Gasteiger partial charge in [0.05, 0.1) is 11.9 Å². The minimum absolute atomic E-state index is 0.0252. The molecule has 0 atom stereocenters. The van der Waals surface area contributed by atoms with Crippen LogP contribution in [0.15, 0.2) is 83.7 Å². The van der Waals surface area contributed by atoms with E-state index in [1.807, 2.05) is 30.3 Å². The second-order valence-corrected chi connectivity index (χ2v) is 8.02. The Hall–Kier alpha value is -4.92. The predicted octanol–water partition coefficient (Wildman–Crippen LogP) is 2.69. The molecule has 0 radical (unpaired) electrons. The van der Waals surface area contributed by atoms with Crippen molar-refractivity contribution in [1.29, 1.82) is 0 Å². The number of ether oxygens (including phenoxy) is 2. The fourth-order valence-corrected chi connectivity index (χ4v) is 3.82. The molecule has 0 spiro atoms. The highest BCUT2D eigenvalue weighted by molar-refractivity contribution is 6.05. The van der Waals surface area contributed by atoms with E-state index >= 15 is 0 Å². The first-order valence-electron chi connectivity index (χ1n) is 11.3. The predicted molar refractivity (Wildman–Crippen MR) is 134 cm³/mol. The second-order valence-electron chi connectivity index (χ2n) is 8.02. The molecule has 5 rings (SSSR count). The van der Waals surface area contributed by atoms with Crippen LogP contribution in [0.25, 0.3) is 16.8 Å². The van der Waals surface area contributed by atoms with Crippen LogP contribution in [0.1, 0.15) is 21.6 Å². The maximum atomic E-state index is 13.0. The van der Waals surface area contributed by atoms with Crippen LogP contribution in [0.3, 0.4) is 0 Å². The number of rotatable bonds is 5. The minimum Gasteiger partial charge on any atom is -0.486 e. The van der Waals surface area contributed by atoms with Gasteiger partial charge in [-0.3, -0.25) is 25.2 Å². The number of aromatic nitrogens is 2. The van der Waals surface area contributed by atoms with Crippen molar-refractivity contribution < 1.29 is 19.1 Å². The van der Waals surface area contributed by atoms with E-state index in [1.54, 1.807) is 48.5 Å². The van der Waals surface area contributed by atoms with E-state index < -0.39 is 11.8 Å². The van der Waals surface area contributed by atoms with Crippen LogP contribution in [-0.4, -0.2) is 34.8 Å². The number of benzene rings is 3. The highest BCUT2D eigenvalue weighted by atomic mass is 16.6. The summed E-state index contributed by atoms with van der Waals surface area (Å²) in [5, 5.41) is 5.06. The van der Waals surface area contributed by atoms with Crippen LogP contribution in [0, 0.1) is 0 Å². The van der Waals surface area contributed by atoms with Gasteiger partial charge in [0, 0.05) is 11.5 Å². The van der Waals surface area contributed by atoms with Crippen molar-refractivity contribution in [3.05, 3.63) is 106 Å². The zero-order valence-electron chi connectivity index (χ0n) is 19.1. The maximum Gasteiger partial charge on any atom is 0.290 e. The van der Waals surface area contributed by atoms with Gasteiger partial charge >= 0.3 is 0 Å². The Morgan fingerprint density at radius 2 is 1.61 bits per heavy atom. The summed E-state index contributed by atoms with van der Waals surface area (Å²) in [5.41, 5.74) is 6.05. The quantitative estimate of drug-likeness (QED) is 0.334. The largest absolute Gasteiger partial charge is 0.486 e. The Morgan fingerprint density at radius 1 is 0.889 bits per heavy atom. The van der Waals surface area contributed by atoms with E-state index in [-0.39, 0.29) is 17.8 Å². The molecule has 0 saturated carbocycles. The molecule has 0 fully saturated rings. The molecule has 180 valence electrons. The van der Waals surface area contributed by atoms with Crippen molar-refractivity contribution in [1.82, 2.24) is 20.6 Å². The van der Waals surface area contributed by atoms with Crippen LogP contribution >= 0.6 is 0 Å². The Morgan fingerprint density at radius 3 is 2.42 bits per heavy atom. The highest BCUT2D eigenvalue weighted by Crippen LogP contribution is 2.31. The normalized spacial score (nSPS) is 12.4. The summed E-state index contributed by atoms with van der Waals surface area (Å²) < 4.78 is 12.3. The lowest BCUT2D eigenvalue weighted by Gasteiger charge is -2.18. The lowest BCUT2D eigenvalue weighted by Crippen LogP contribution is -2.42. The number of hydrazine groups is 1. The Kier molecular flexibility index (Phi) is 6.44. The van der Waals surface area contributed by atoms with E-state index in [0.717, 1.165) is 11.1 Å². The molecular weight excluding hydrogens is 460 g/mol. The molecule has 2 amide bonds. The molecule has 36 heavy (non-hydrogen) atoms. The topological polar surface area (TPSA) is 112 Å². The number of carbonyl (C=O) groups is 2. The van der Waals surface area contributed by atoms with E-state index in [4.69, 9.17) is 9.47 Å². The van der Waals surface area contributed by atoms with Gasteiger partial charge in [-0.25, -0.2) is 4.68 Å². The highest BCUT2D eigenvalue weighted by Gasteiger charge is 2.17. The molecule has 9 nitrogen and oxygen atoms in total. The molecule has 2 N–H and O–H groups in total. The number of hydrogen-bond donors (Lipinski definition) is 2. The molecule has 9 heteroatoms. The van der Waals surface area contributed by atoms with Crippen LogP contribution in [0.5, 0.6) is 11.5 Å². The Bertz CT molecular complexity index is 1530. The number of fused-ring (bicyclic) bond motifs is 2. The van der Waals surface area contributed by atoms with Crippen molar-refractivity contribution in [3.63, 3.8) is 0 Å². The maximum absolute atomic E-state index is 13.0. The van der Waals surface area contributed by atoms with E-state index in [0.29, 0.717) is 35.5 Å². The summed E-state index contributed by atoms with van der Waals surface area (Å²) >= 11 is 0. The van der Waals surface area contributed by atoms with Gasteiger partial charge in [-0.15, -0.1) is 0 Å². The van der Waals surface area contributed by atoms with Gasteiger partial charge in [-0.2, -0.15) is 5.10 Å². The first-order chi connectivity index (χ1) is 17.6. The zero-order valence-corrected chi connectivity index (χ0v) is 19.1. The average molecular weight is 482 g/mol. The van der Waals surface area contributed by atoms with Crippen LogP contribution < -0.4 is 25.9 Å². The Labute approximate surface area is 205 Å². The minimum atomic E-state index is -0.644. The summed E-state index contributed by atoms with van der Waals surface area (Å²) in [6, 6.07) is 21.4. The number of nitrogens with one attached hydrogen (secondary N) is 2. The smallest absolute Gasteiger partial charge is 0.290 e. The molecule has 1 aliphatic rings. The van der Waals surface area contributed by atoms with E-state index in [2.05, 4.69) is 16.0 Å². The summed E-state index contributed by atoms with van der Waals surface area (Å²) in [6.45, 7) is 1.17. The first-order valence-corrected chi connectivity index (χ1v) is 11.3. The van der Waals surface area contributed by atoms with Crippen molar-refractivity contribution in [3.8, 4) is 11.5 Å². The third-order valence-electron chi connectivity index (χ3n) is 5.55. The average Bonchev–Trinajstić information content (AvgIpc) is 2.92. The number of nitrogens with zero attached hydrogens (tertiary/aromatic N) is 2. The van der Waals surface area contributed by atoms with Crippen molar-refractivity contribution in [2.75, 3.05) is 13.2 Å². The molecule has 0 unspecified atom stereocenters. The standard InChI is InChI=1S/C27H22N4O5/c32-24(13-11-18-10-12-22-23(16-18)36-15-14-35-22)28-29-26(33)25-20-8-4-5-9-21(20)27(34)31(30-25)17-19-6-2-1-3-7-19/h1-13,16H,14-15,17H2,(H,28,32)(H,29,33)/b13-11+. The molecular formula is C27H22N4O5. The summed E-state index contributed by atoms with van der Waals surface area (Å²) in [6.07, 6.45) is 2.88. The third kappa shape index (κ3) is 4.95.